The first-order valence-corrected chi connectivity index (χ1v) is 6.95. The van der Waals surface area contributed by atoms with Crippen molar-refractivity contribution in [2.24, 2.45) is 13.0 Å². The fraction of sp³-hybridized carbons (Fsp3) is 0.786. The smallest absolute Gasteiger partial charge is 0.0492 e. The van der Waals surface area contributed by atoms with E-state index in [0.29, 0.717) is 0 Å². The molecule has 1 aliphatic carbocycles. The molecule has 0 amide bonds. The minimum Gasteiger partial charge on any atom is -0.317 e. The summed E-state index contributed by atoms with van der Waals surface area (Å²) in [6.07, 6.45) is 11.3. The Balaban J connectivity index is 1.89. The molecule has 1 fully saturated rings. The summed E-state index contributed by atoms with van der Waals surface area (Å²) >= 11 is 0. The summed E-state index contributed by atoms with van der Waals surface area (Å²) in [5.41, 5.74) is 1.36. The average molecular weight is 235 g/mol. The molecule has 1 aliphatic rings. The van der Waals surface area contributed by atoms with Crippen LogP contribution >= 0.6 is 0 Å². The zero-order valence-corrected chi connectivity index (χ0v) is 11.2. The summed E-state index contributed by atoms with van der Waals surface area (Å²) in [6, 6.07) is 2.87. The van der Waals surface area contributed by atoms with Crippen LogP contribution in [-0.2, 0) is 13.5 Å². The Morgan fingerprint density at radius 2 is 2.18 bits per heavy atom. The lowest BCUT2D eigenvalue weighted by Crippen LogP contribution is -2.33. The summed E-state index contributed by atoms with van der Waals surface area (Å²) in [6.45, 7) is 0. The lowest BCUT2D eigenvalue weighted by Gasteiger charge is -2.24. The highest BCUT2D eigenvalue weighted by molar-refractivity contribution is 5.00. The monoisotopic (exact) mass is 235 g/mol. The van der Waals surface area contributed by atoms with Crippen LogP contribution in [0.5, 0.6) is 0 Å². The Labute approximate surface area is 105 Å². The highest BCUT2D eigenvalue weighted by atomic mass is 15.2. The van der Waals surface area contributed by atoms with Crippen molar-refractivity contribution in [1.82, 2.24) is 15.1 Å². The third-order valence-corrected chi connectivity index (χ3v) is 4.22. The topological polar surface area (TPSA) is 29.9 Å². The Morgan fingerprint density at radius 1 is 1.35 bits per heavy atom. The molecule has 1 aromatic heterocycles. The van der Waals surface area contributed by atoms with Gasteiger partial charge in [-0.25, -0.2) is 0 Å². The first-order valence-electron chi connectivity index (χ1n) is 6.95. The summed E-state index contributed by atoms with van der Waals surface area (Å²) in [5.74, 6) is 0.845. The zero-order chi connectivity index (χ0) is 12.1. The number of nitrogens with zero attached hydrogens (tertiary/aromatic N) is 2. The van der Waals surface area contributed by atoms with Gasteiger partial charge in [0.25, 0.3) is 0 Å². The second-order valence-electron chi connectivity index (χ2n) is 5.28. The molecule has 17 heavy (non-hydrogen) atoms. The van der Waals surface area contributed by atoms with Crippen LogP contribution in [0.25, 0.3) is 0 Å². The minimum absolute atomic E-state index is 0.728. The highest BCUT2D eigenvalue weighted by Gasteiger charge is 2.22. The van der Waals surface area contributed by atoms with Crippen LogP contribution in [0.2, 0.25) is 0 Å². The van der Waals surface area contributed by atoms with Crippen LogP contribution in [0.15, 0.2) is 12.3 Å². The SMILES string of the molecule is CNC1CCCCCC1CCc1ccnn1C. The molecule has 0 radical (unpaired) electrons. The van der Waals surface area contributed by atoms with Crippen LogP contribution in [-0.4, -0.2) is 22.9 Å². The number of nitrogens with one attached hydrogen (secondary N) is 1. The number of aryl methyl sites for hydroxylation is 2. The molecule has 2 atom stereocenters. The molecular weight excluding hydrogens is 210 g/mol. The van der Waals surface area contributed by atoms with E-state index in [1.807, 2.05) is 17.9 Å². The number of hydrogen-bond acceptors (Lipinski definition) is 2. The van der Waals surface area contributed by atoms with E-state index in [1.165, 1.54) is 50.6 Å². The summed E-state index contributed by atoms with van der Waals surface area (Å²) in [7, 11) is 4.16. The molecule has 0 aromatic carbocycles. The molecule has 0 spiro atoms. The quantitative estimate of drug-likeness (QED) is 0.813. The van der Waals surface area contributed by atoms with Crippen LogP contribution < -0.4 is 5.32 Å². The average Bonchev–Trinajstić information content (AvgIpc) is 2.63. The number of aromatic nitrogens is 2. The van der Waals surface area contributed by atoms with Gasteiger partial charge in [0.15, 0.2) is 0 Å². The van der Waals surface area contributed by atoms with E-state index >= 15 is 0 Å². The molecule has 1 aromatic rings. The van der Waals surface area contributed by atoms with E-state index in [4.69, 9.17) is 0 Å². The molecule has 0 bridgehead atoms. The van der Waals surface area contributed by atoms with E-state index in [1.54, 1.807) is 0 Å². The van der Waals surface area contributed by atoms with Crippen LogP contribution in [0.1, 0.15) is 44.2 Å². The Morgan fingerprint density at radius 3 is 2.88 bits per heavy atom. The molecular formula is C14H25N3. The maximum Gasteiger partial charge on any atom is 0.0492 e. The largest absolute Gasteiger partial charge is 0.317 e. The molecule has 2 unspecified atom stereocenters. The molecule has 1 heterocycles. The van der Waals surface area contributed by atoms with Crippen molar-refractivity contribution < 1.29 is 0 Å². The highest BCUT2D eigenvalue weighted by Crippen LogP contribution is 2.27. The third-order valence-electron chi connectivity index (χ3n) is 4.22. The third kappa shape index (κ3) is 3.32. The minimum atomic E-state index is 0.728. The maximum atomic E-state index is 4.24. The second kappa shape index (κ2) is 6.20. The Bertz CT molecular complexity index is 332. The van der Waals surface area contributed by atoms with Crippen molar-refractivity contribution >= 4 is 0 Å². The molecule has 1 saturated carbocycles. The molecule has 0 aliphatic heterocycles. The summed E-state index contributed by atoms with van der Waals surface area (Å²) in [4.78, 5) is 0. The van der Waals surface area contributed by atoms with Gasteiger partial charge < -0.3 is 5.32 Å². The predicted octanol–water partition coefficient (Wildman–Crippen LogP) is 2.52. The predicted molar refractivity (Wildman–Crippen MR) is 71.0 cm³/mol. The Hall–Kier alpha value is -0.830. The van der Waals surface area contributed by atoms with Crippen molar-refractivity contribution in [1.29, 1.82) is 0 Å². The molecule has 3 nitrogen and oxygen atoms in total. The van der Waals surface area contributed by atoms with E-state index in [0.717, 1.165) is 12.0 Å². The van der Waals surface area contributed by atoms with E-state index in [9.17, 15) is 0 Å². The van der Waals surface area contributed by atoms with Crippen molar-refractivity contribution in [3.8, 4) is 0 Å². The molecule has 3 heteroatoms. The Kier molecular flexibility index (Phi) is 4.60. The van der Waals surface area contributed by atoms with Crippen molar-refractivity contribution in [2.45, 2.75) is 51.0 Å². The first kappa shape index (κ1) is 12.6. The van der Waals surface area contributed by atoms with Gasteiger partial charge >= 0.3 is 0 Å². The normalized spacial score (nSPS) is 25.8. The first-order chi connectivity index (χ1) is 8.31. The van der Waals surface area contributed by atoms with Gasteiger partial charge in [-0.05, 0) is 44.7 Å². The zero-order valence-electron chi connectivity index (χ0n) is 11.2. The van der Waals surface area contributed by atoms with Crippen molar-refractivity contribution in [2.75, 3.05) is 7.05 Å². The molecule has 96 valence electrons. The lowest BCUT2D eigenvalue weighted by molar-refractivity contribution is 0.330. The van der Waals surface area contributed by atoms with Gasteiger partial charge in [0.2, 0.25) is 0 Å². The number of hydrogen-bond donors (Lipinski definition) is 1. The van der Waals surface area contributed by atoms with Gasteiger partial charge in [0.1, 0.15) is 0 Å². The van der Waals surface area contributed by atoms with E-state index in [-0.39, 0.29) is 0 Å². The van der Waals surface area contributed by atoms with Crippen LogP contribution in [0.4, 0.5) is 0 Å². The lowest BCUT2D eigenvalue weighted by atomic mass is 9.90. The fourth-order valence-electron chi connectivity index (χ4n) is 3.09. The van der Waals surface area contributed by atoms with Gasteiger partial charge in [-0.15, -0.1) is 0 Å². The fourth-order valence-corrected chi connectivity index (χ4v) is 3.09. The van der Waals surface area contributed by atoms with Gasteiger partial charge in [0.05, 0.1) is 0 Å². The molecule has 0 saturated heterocycles. The maximum absolute atomic E-state index is 4.24. The van der Waals surface area contributed by atoms with E-state index in [2.05, 4.69) is 23.5 Å². The summed E-state index contributed by atoms with van der Waals surface area (Å²) in [5, 5.41) is 7.76. The van der Waals surface area contributed by atoms with Gasteiger partial charge in [-0.1, -0.05) is 19.3 Å². The second-order valence-corrected chi connectivity index (χ2v) is 5.28. The summed E-state index contributed by atoms with van der Waals surface area (Å²) < 4.78 is 2.01. The molecule has 1 N–H and O–H groups in total. The van der Waals surface area contributed by atoms with Crippen molar-refractivity contribution in [3.05, 3.63) is 18.0 Å². The standard InChI is InChI=1S/C14H25N3/c1-15-14-7-5-3-4-6-12(14)8-9-13-10-11-16-17(13)2/h10-12,14-15H,3-9H2,1-2H3. The van der Waals surface area contributed by atoms with Crippen LogP contribution in [0.3, 0.4) is 0 Å². The van der Waals surface area contributed by atoms with Gasteiger partial charge in [-0.2, -0.15) is 5.10 Å². The van der Waals surface area contributed by atoms with Gasteiger partial charge in [0, 0.05) is 25.0 Å². The van der Waals surface area contributed by atoms with Gasteiger partial charge in [-0.3, -0.25) is 4.68 Å². The van der Waals surface area contributed by atoms with Crippen molar-refractivity contribution in [3.63, 3.8) is 0 Å². The molecule has 2 rings (SSSR count). The van der Waals surface area contributed by atoms with E-state index < -0.39 is 0 Å². The van der Waals surface area contributed by atoms with Crippen LogP contribution in [0, 0.1) is 5.92 Å². The number of rotatable bonds is 4.